The molecule has 0 heterocycles. The minimum Gasteiger partial charge on any atom is -0.354 e. The first-order valence-electron chi connectivity index (χ1n) is 5.81. The number of hydrogen-bond donors (Lipinski definition) is 1. The Morgan fingerprint density at radius 3 is 2.36 bits per heavy atom. The highest BCUT2D eigenvalue weighted by Gasteiger charge is 2.35. The van der Waals surface area contributed by atoms with E-state index in [2.05, 4.69) is 26.1 Å². The maximum atomic E-state index is 10.8. The molecule has 2 nitrogen and oxygen atoms in total. The summed E-state index contributed by atoms with van der Waals surface area (Å²) in [5.74, 6) is 2.59. The molecule has 1 unspecified atom stereocenters. The minimum atomic E-state index is 0.117. The van der Waals surface area contributed by atoms with Crippen LogP contribution in [0.25, 0.3) is 0 Å². The highest BCUT2D eigenvalue weighted by Crippen LogP contribution is 2.39. The van der Waals surface area contributed by atoms with Crippen LogP contribution in [0.3, 0.4) is 0 Å². The van der Waals surface area contributed by atoms with Gasteiger partial charge in [0.1, 0.15) is 0 Å². The number of rotatable bonds is 4. The lowest BCUT2D eigenvalue weighted by Gasteiger charge is -2.42. The first-order valence-corrected chi connectivity index (χ1v) is 5.81. The van der Waals surface area contributed by atoms with Gasteiger partial charge in [0, 0.05) is 13.0 Å². The predicted octanol–water partition coefficient (Wildman–Crippen LogP) is 2.58. The Morgan fingerprint density at radius 1 is 1.43 bits per heavy atom. The molecule has 1 fully saturated rings. The van der Waals surface area contributed by atoms with Crippen molar-refractivity contribution in [3.8, 4) is 0 Å². The summed E-state index contributed by atoms with van der Waals surface area (Å²) in [6.45, 7) is 8.49. The molecule has 82 valence electrons. The van der Waals surface area contributed by atoms with Gasteiger partial charge >= 0.3 is 0 Å². The standard InChI is InChI=1S/C12H23NO/c1-5-12(8(2)3)10-6-11(7-10)13-9(4)14/h8,10-12H,5-7H2,1-4H3,(H,13,14). The lowest BCUT2D eigenvalue weighted by molar-refractivity contribution is -0.120. The fraction of sp³-hybridized carbons (Fsp3) is 0.917. The van der Waals surface area contributed by atoms with Crippen molar-refractivity contribution < 1.29 is 4.79 Å². The van der Waals surface area contributed by atoms with Crippen molar-refractivity contribution >= 4 is 5.91 Å². The lowest BCUT2D eigenvalue weighted by atomic mass is 9.68. The van der Waals surface area contributed by atoms with E-state index in [-0.39, 0.29) is 5.91 Å². The van der Waals surface area contributed by atoms with Crippen molar-refractivity contribution in [1.29, 1.82) is 0 Å². The highest BCUT2D eigenvalue weighted by atomic mass is 16.1. The molecule has 0 aromatic carbocycles. The summed E-state index contributed by atoms with van der Waals surface area (Å²) < 4.78 is 0. The van der Waals surface area contributed by atoms with Gasteiger partial charge < -0.3 is 5.32 Å². The van der Waals surface area contributed by atoms with Gasteiger partial charge in [0.2, 0.25) is 5.91 Å². The SMILES string of the molecule is CCC(C(C)C)C1CC(NC(C)=O)C1. The summed E-state index contributed by atoms with van der Waals surface area (Å²) in [7, 11) is 0. The van der Waals surface area contributed by atoms with Crippen LogP contribution < -0.4 is 5.32 Å². The highest BCUT2D eigenvalue weighted by molar-refractivity contribution is 5.73. The van der Waals surface area contributed by atoms with Crippen molar-refractivity contribution in [2.75, 3.05) is 0 Å². The number of nitrogens with one attached hydrogen (secondary N) is 1. The molecular weight excluding hydrogens is 174 g/mol. The van der Waals surface area contributed by atoms with E-state index in [9.17, 15) is 4.79 Å². The van der Waals surface area contributed by atoms with Crippen LogP contribution in [0, 0.1) is 17.8 Å². The summed E-state index contributed by atoms with van der Waals surface area (Å²) in [4.78, 5) is 10.8. The fourth-order valence-corrected chi connectivity index (χ4v) is 2.77. The molecule has 0 bridgehead atoms. The molecule has 0 aliphatic heterocycles. The van der Waals surface area contributed by atoms with Crippen molar-refractivity contribution in [2.24, 2.45) is 17.8 Å². The van der Waals surface area contributed by atoms with Crippen LogP contribution in [-0.2, 0) is 4.79 Å². The van der Waals surface area contributed by atoms with Crippen molar-refractivity contribution in [1.82, 2.24) is 5.32 Å². The zero-order valence-electron chi connectivity index (χ0n) is 9.84. The van der Waals surface area contributed by atoms with E-state index in [4.69, 9.17) is 0 Å². The van der Waals surface area contributed by atoms with Crippen LogP contribution in [0.1, 0.15) is 47.0 Å². The third kappa shape index (κ3) is 2.73. The van der Waals surface area contributed by atoms with Gasteiger partial charge in [0.25, 0.3) is 0 Å². The molecule has 1 amide bonds. The summed E-state index contributed by atoms with van der Waals surface area (Å²) in [6, 6.07) is 0.463. The maximum absolute atomic E-state index is 10.8. The zero-order chi connectivity index (χ0) is 10.7. The van der Waals surface area contributed by atoms with E-state index in [0.717, 1.165) is 17.8 Å². The zero-order valence-corrected chi connectivity index (χ0v) is 9.84. The van der Waals surface area contributed by atoms with Gasteiger partial charge in [-0.05, 0) is 30.6 Å². The summed E-state index contributed by atoms with van der Waals surface area (Å²) >= 11 is 0. The Morgan fingerprint density at radius 2 is 2.00 bits per heavy atom. The molecule has 0 aromatic rings. The Kier molecular flexibility index (Phi) is 3.97. The normalized spacial score (nSPS) is 28.4. The molecule has 1 atom stereocenters. The van der Waals surface area contributed by atoms with E-state index >= 15 is 0 Å². The van der Waals surface area contributed by atoms with Crippen LogP contribution in [-0.4, -0.2) is 11.9 Å². The van der Waals surface area contributed by atoms with Gasteiger partial charge in [-0.3, -0.25) is 4.79 Å². The Labute approximate surface area is 87.5 Å². The van der Waals surface area contributed by atoms with Crippen molar-refractivity contribution in [3.05, 3.63) is 0 Å². The smallest absolute Gasteiger partial charge is 0.217 e. The molecule has 0 saturated heterocycles. The predicted molar refractivity (Wildman–Crippen MR) is 58.9 cm³/mol. The fourth-order valence-electron chi connectivity index (χ4n) is 2.77. The van der Waals surface area contributed by atoms with E-state index in [0.29, 0.717) is 6.04 Å². The molecule has 1 saturated carbocycles. The summed E-state index contributed by atoms with van der Waals surface area (Å²) in [6.07, 6.45) is 3.65. The average molecular weight is 197 g/mol. The van der Waals surface area contributed by atoms with Crippen LogP contribution >= 0.6 is 0 Å². The van der Waals surface area contributed by atoms with Crippen LogP contribution in [0.4, 0.5) is 0 Å². The van der Waals surface area contributed by atoms with Crippen LogP contribution in [0.15, 0.2) is 0 Å². The first-order chi connectivity index (χ1) is 6.54. The van der Waals surface area contributed by atoms with E-state index in [1.165, 1.54) is 19.3 Å². The number of amides is 1. The van der Waals surface area contributed by atoms with E-state index in [1.54, 1.807) is 6.92 Å². The number of hydrogen-bond acceptors (Lipinski definition) is 1. The lowest BCUT2D eigenvalue weighted by Crippen LogP contribution is -2.46. The first kappa shape index (κ1) is 11.5. The third-order valence-corrected chi connectivity index (χ3v) is 3.52. The van der Waals surface area contributed by atoms with Gasteiger partial charge in [-0.2, -0.15) is 0 Å². The molecule has 0 radical (unpaired) electrons. The number of carbonyl (C=O) groups excluding carboxylic acids is 1. The molecule has 1 aliphatic carbocycles. The second kappa shape index (κ2) is 4.81. The largest absolute Gasteiger partial charge is 0.354 e. The van der Waals surface area contributed by atoms with Gasteiger partial charge in [-0.15, -0.1) is 0 Å². The maximum Gasteiger partial charge on any atom is 0.217 e. The van der Waals surface area contributed by atoms with Crippen molar-refractivity contribution in [3.63, 3.8) is 0 Å². The van der Waals surface area contributed by atoms with Gasteiger partial charge in [-0.1, -0.05) is 27.2 Å². The molecule has 14 heavy (non-hydrogen) atoms. The van der Waals surface area contributed by atoms with E-state index < -0.39 is 0 Å². The summed E-state index contributed by atoms with van der Waals surface area (Å²) in [5.41, 5.74) is 0. The minimum absolute atomic E-state index is 0.117. The second-order valence-corrected chi connectivity index (χ2v) is 4.95. The number of carbonyl (C=O) groups is 1. The average Bonchev–Trinajstić information content (AvgIpc) is 1.99. The third-order valence-electron chi connectivity index (χ3n) is 3.52. The molecule has 1 rings (SSSR count). The molecular formula is C12H23NO. The van der Waals surface area contributed by atoms with Crippen LogP contribution in [0.2, 0.25) is 0 Å². The Balaban J connectivity index is 2.28. The van der Waals surface area contributed by atoms with Gasteiger partial charge in [0.05, 0.1) is 0 Å². The Hall–Kier alpha value is -0.530. The molecule has 1 aliphatic rings. The quantitative estimate of drug-likeness (QED) is 0.737. The van der Waals surface area contributed by atoms with Gasteiger partial charge in [-0.25, -0.2) is 0 Å². The topological polar surface area (TPSA) is 29.1 Å². The monoisotopic (exact) mass is 197 g/mol. The van der Waals surface area contributed by atoms with E-state index in [1.807, 2.05) is 0 Å². The second-order valence-electron chi connectivity index (χ2n) is 4.95. The van der Waals surface area contributed by atoms with Crippen molar-refractivity contribution in [2.45, 2.75) is 53.0 Å². The molecule has 1 N–H and O–H groups in total. The molecule has 2 heteroatoms. The van der Waals surface area contributed by atoms with Crippen LogP contribution in [0.5, 0.6) is 0 Å². The molecule has 0 spiro atoms. The van der Waals surface area contributed by atoms with Gasteiger partial charge in [0.15, 0.2) is 0 Å². The molecule has 0 aromatic heterocycles. The summed E-state index contributed by atoms with van der Waals surface area (Å²) in [5, 5.41) is 2.99. The Bertz CT molecular complexity index is 194.